The number of nitrogens with one attached hydrogen (secondary N) is 2. The van der Waals surface area contributed by atoms with Gasteiger partial charge >= 0.3 is 0 Å². The lowest BCUT2D eigenvalue weighted by Crippen LogP contribution is -2.21. The Hall–Kier alpha value is -2.96. The molecule has 0 unspecified atom stereocenters. The van der Waals surface area contributed by atoms with Crippen molar-refractivity contribution in [2.24, 2.45) is 0 Å². The van der Waals surface area contributed by atoms with Crippen LogP contribution in [0.1, 0.15) is 11.1 Å². The van der Waals surface area contributed by atoms with Crippen LogP contribution in [0.5, 0.6) is 0 Å². The molecule has 0 aliphatic carbocycles. The van der Waals surface area contributed by atoms with Gasteiger partial charge in [-0.05, 0) is 24.3 Å². The van der Waals surface area contributed by atoms with Crippen molar-refractivity contribution in [2.45, 2.75) is 0 Å². The van der Waals surface area contributed by atoms with Crippen molar-refractivity contribution >= 4 is 57.8 Å². The summed E-state index contributed by atoms with van der Waals surface area (Å²) in [5, 5.41) is 6.72. The Bertz CT molecular complexity index is 1070. The first-order chi connectivity index (χ1) is 14.2. The summed E-state index contributed by atoms with van der Waals surface area (Å²) < 4.78 is 0. The minimum absolute atomic E-state index is 0.316. The molecule has 0 fully saturated rings. The third-order valence-electron chi connectivity index (χ3n) is 5.12. The molecule has 0 atom stereocenters. The van der Waals surface area contributed by atoms with Crippen LogP contribution >= 0.6 is 23.2 Å². The number of nitrogens with zero attached hydrogens (tertiary/aromatic N) is 2. The average molecular weight is 443 g/mol. The highest BCUT2D eigenvalue weighted by Crippen LogP contribution is 2.39. The largest absolute Gasteiger partial charge is 0.376 e. The van der Waals surface area contributed by atoms with Crippen LogP contribution < -0.4 is 20.4 Å². The van der Waals surface area contributed by atoms with Gasteiger partial charge in [-0.1, -0.05) is 35.3 Å². The highest BCUT2D eigenvalue weighted by molar-refractivity contribution is 6.35. The van der Waals surface area contributed by atoms with E-state index in [0.29, 0.717) is 43.7 Å². The van der Waals surface area contributed by atoms with Gasteiger partial charge in [0, 0.05) is 39.3 Å². The number of hydrogen-bond donors (Lipinski definition) is 2. The van der Waals surface area contributed by atoms with Gasteiger partial charge in [0.2, 0.25) is 0 Å². The Morgan fingerprint density at radius 3 is 1.33 bits per heavy atom. The average Bonchev–Trinajstić information content (AvgIpc) is 3.19. The van der Waals surface area contributed by atoms with Crippen LogP contribution in [-0.2, 0) is 9.59 Å². The summed E-state index contributed by atoms with van der Waals surface area (Å²) in [4.78, 5) is 29.4. The molecule has 2 amide bonds. The fraction of sp³-hybridized carbons (Fsp3) is 0.182. The van der Waals surface area contributed by atoms with Crippen LogP contribution in [0.4, 0.5) is 11.4 Å². The third-order valence-corrected chi connectivity index (χ3v) is 5.72. The first-order valence-electron chi connectivity index (χ1n) is 9.25. The number of carbonyl (C=O) groups is 2. The van der Waals surface area contributed by atoms with Gasteiger partial charge in [-0.15, -0.1) is 0 Å². The van der Waals surface area contributed by atoms with Gasteiger partial charge in [0.05, 0.1) is 44.0 Å². The van der Waals surface area contributed by atoms with Gasteiger partial charge in [-0.25, -0.2) is 0 Å². The van der Waals surface area contributed by atoms with Gasteiger partial charge in [0.1, 0.15) is 0 Å². The molecule has 6 nitrogen and oxygen atoms in total. The van der Waals surface area contributed by atoms with Crippen LogP contribution in [0.2, 0.25) is 10.0 Å². The molecule has 0 saturated heterocycles. The second kappa shape index (κ2) is 7.38. The molecule has 2 aliphatic rings. The molecule has 4 rings (SSSR count). The van der Waals surface area contributed by atoms with Crippen LogP contribution in [0.3, 0.4) is 0 Å². The number of fused-ring (bicyclic) bond motifs is 1. The second-order valence-corrected chi connectivity index (χ2v) is 8.34. The molecule has 0 saturated carbocycles. The molecule has 30 heavy (non-hydrogen) atoms. The molecular weight excluding hydrogens is 423 g/mol. The quantitative estimate of drug-likeness (QED) is 0.760. The van der Waals surface area contributed by atoms with Crippen molar-refractivity contribution in [3.05, 3.63) is 68.7 Å². The summed E-state index contributed by atoms with van der Waals surface area (Å²) in [6.07, 6.45) is 0. The van der Waals surface area contributed by atoms with E-state index in [4.69, 9.17) is 23.2 Å². The number of amides is 2. The number of benzene rings is 2. The summed E-state index contributed by atoms with van der Waals surface area (Å²) in [5.74, 6) is -0.678. The van der Waals surface area contributed by atoms with Gasteiger partial charge in [0.15, 0.2) is 0 Å². The Morgan fingerprint density at radius 2 is 1.03 bits per heavy atom. The zero-order chi connectivity index (χ0) is 21.7. The topological polar surface area (TPSA) is 64.7 Å². The van der Waals surface area contributed by atoms with E-state index in [1.807, 2.05) is 62.3 Å². The second-order valence-electron chi connectivity index (χ2n) is 7.53. The van der Waals surface area contributed by atoms with Crippen molar-refractivity contribution in [3.63, 3.8) is 0 Å². The van der Waals surface area contributed by atoms with E-state index in [2.05, 4.69) is 10.6 Å². The van der Waals surface area contributed by atoms with Crippen molar-refractivity contribution < 1.29 is 9.59 Å². The molecule has 2 N–H and O–H groups in total. The molecule has 8 heteroatoms. The maximum atomic E-state index is 12.8. The van der Waals surface area contributed by atoms with Gasteiger partial charge in [0.25, 0.3) is 11.8 Å². The zero-order valence-corrected chi connectivity index (χ0v) is 18.4. The summed E-state index contributed by atoms with van der Waals surface area (Å²) >= 11 is 12.8. The lowest BCUT2D eigenvalue weighted by atomic mass is 10.0. The molecular formula is C22H20Cl2N4O2. The lowest BCUT2D eigenvalue weighted by Gasteiger charge is -2.16. The highest BCUT2D eigenvalue weighted by atomic mass is 35.5. The number of rotatable bonds is 4. The molecule has 2 aromatic carbocycles. The molecule has 2 heterocycles. The zero-order valence-electron chi connectivity index (χ0n) is 16.9. The minimum Gasteiger partial charge on any atom is -0.376 e. The van der Waals surface area contributed by atoms with Crippen LogP contribution in [0.15, 0.2) is 47.5 Å². The molecule has 154 valence electrons. The van der Waals surface area contributed by atoms with Crippen molar-refractivity contribution in [2.75, 3.05) is 38.0 Å². The summed E-state index contributed by atoms with van der Waals surface area (Å²) in [6, 6.07) is 10.9. The monoisotopic (exact) mass is 442 g/mol. The molecule has 0 spiro atoms. The van der Waals surface area contributed by atoms with Gasteiger partial charge in [-0.2, -0.15) is 0 Å². The lowest BCUT2D eigenvalue weighted by molar-refractivity contribution is -0.117. The van der Waals surface area contributed by atoms with Crippen LogP contribution in [0, 0.1) is 0 Å². The summed E-state index contributed by atoms with van der Waals surface area (Å²) in [7, 11) is 7.57. The Balaban J connectivity index is 1.83. The number of carbonyl (C=O) groups excluding carboxylic acids is 2. The SMILES string of the molecule is CN(C)c1ccc(C2=C3C(=O)NC(c4ccc(N(C)C)c(Cl)c4)=C3C(=O)N2)cc1Cl. The Kier molecular flexibility index (Phi) is 5.00. The first kappa shape index (κ1) is 20.3. The van der Waals surface area contributed by atoms with Crippen molar-refractivity contribution in [3.8, 4) is 0 Å². The van der Waals surface area contributed by atoms with E-state index in [0.717, 1.165) is 11.4 Å². The van der Waals surface area contributed by atoms with Gasteiger partial charge < -0.3 is 20.4 Å². The molecule has 2 aliphatic heterocycles. The minimum atomic E-state index is -0.339. The summed E-state index contributed by atoms with van der Waals surface area (Å²) in [5.41, 5.74) is 4.56. The maximum absolute atomic E-state index is 12.8. The number of halogens is 2. The number of anilines is 2. The Morgan fingerprint density at radius 1 is 0.667 bits per heavy atom. The molecule has 0 bridgehead atoms. The maximum Gasteiger partial charge on any atom is 0.258 e. The highest BCUT2D eigenvalue weighted by Gasteiger charge is 2.41. The van der Waals surface area contributed by atoms with E-state index in [1.54, 1.807) is 12.1 Å². The fourth-order valence-corrected chi connectivity index (χ4v) is 4.36. The summed E-state index contributed by atoms with van der Waals surface area (Å²) in [6.45, 7) is 0. The van der Waals surface area contributed by atoms with Crippen molar-refractivity contribution in [1.82, 2.24) is 10.6 Å². The normalized spacial score (nSPS) is 15.4. The van der Waals surface area contributed by atoms with Crippen LogP contribution in [-0.4, -0.2) is 40.0 Å². The molecule has 0 aromatic heterocycles. The Labute approximate surface area is 184 Å². The van der Waals surface area contributed by atoms with Crippen LogP contribution in [0.25, 0.3) is 11.4 Å². The van der Waals surface area contributed by atoms with Gasteiger partial charge in [-0.3, -0.25) is 9.59 Å². The molecule has 0 radical (unpaired) electrons. The van der Waals surface area contributed by atoms with E-state index in [9.17, 15) is 9.59 Å². The number of hydrogen-bond acceptors (Lipinski definition) is 4. The van der Waals surface area contributed by atoms with E-state index in [1.165, 1.54) is 0 Å². The predicted molar refractivity (Wildman–Crippen MR) is 122 cm³/mol. The third kappa shape index (κ3) is 3.22. The van der Waals surface area contributed by atoms with E-state index >= 15 is 0 Å². The molecule has 2 aromatic rings. The first-order valence-corrected chi connectivity index (χ1v) is 10.0. The smallest absolute Gasteiger partial charge is 0.258 e. The standard InChI is InChI=1S/C22H20Cl2N4O2/c1-27(2)15-7-5-11(9-13(15)23)19-17-18(22(30)25-19)20(26-21(17)29)12-6-8-16(28(3)4)14(24)10-12/h5-10H,1-4H3,(H,25,30)(H,26,29). The van der Waals surface area contributed by atoms with Crippen molar-refractivity contribution in [1.29, 1.82) is 0 Å². The predicted octanol–water partition coefficient (Wildman–Crippen LogP) is 3.51. The fourth-order valence-electron chi connectivity index (χ4n) is 3.66. The van der Waals surface area contributed by atoms with E-state index < -0.39 is 0 Å². The van der Waals surface area contributed by atoms with E-state index in [-0.39, 0.29) is 11.8 Å².